The fourth-order valence-electron chi connectivity index (χ4n) is 6.42. The van der Waals surface area contributed by atoms with Gasteiger partial charge in [0.2, 0.25) is 0 Å². The van der Waals surface area contributed by atoms with Gasteiger partial charge in [-0.05, 0) is 54.6 Å². The van der Waals surface area contributed by atoms with Crippen molar-refractivity contribution in [3.63, 3.8) is 0 Å². The van der Waals surface area contributed by atoms with Gasteiger partial charge >= 0.3 is 0 Å². The van der Waals surface area contributed by atoms with Gasteiger partial charge in [-0.3, -0.25) is 4.90 Å². The van der Waals surface area contributed by atoms with E-state index in [4.69, 9.17) is 0 Å². The molecule has 5 aliphatic rings. The van der Waals surface area contributed by atoms with Gasteiger partial charge in [-0.25, -0.2) is 8.42 Å². The number of benzene rings is 2. The Balaban J connectivity index is 1.61. The van der Waals surface area contributed by atoms with Crippen LogP contribution in [0.25, 0.3) is 0 Å². The van der Waals surface area contributed by atoms with Crippen molar-refractivity contribution < 1.29 is 8.42 Å². The van der Waals surface area contributed by atoms with Crippen LogP contribution in [-0.2, 0) is 9.84 Å². The first-order valence-electron chi connectivity index (χ1n) is 9.77. The van der Waals surface area contributed by atoms with E-state index in [1.54, 1.807) is 0 Å². The van der Waals surface area contributed by atoms with E-state index in [0.29, 0.717) is 5.75 Å². The molecule has 7 rings (SSSR count). The second kappa shape index (κ2) is 4.99. The summed E-state index contributed by atoms with van der Waals surface area (Å²) in [7, 11) is -3.09. The molecule has 0 amide bonds. The smallest absolute Gasteiger partial charge is 0.160 e. The number of hydrogen-bond donors (Lipinski definition) is 0. The fourth-order valence-corrected chi connectivity index (χ4v) is 9.03. The van der Waals surface area contributed by atoms with Gasteiger partial charge in [0.05, 0.1) is 5.75 Å². The second-order valence-corrected chi connectivity index (χ2v) is 10.8. The summed E-state index contributed by atoms with van der Waals surface area (Å²) in [5, 5.41) is 0. The molecule has 26 heavy (non-hydrogen) atoms. The molecule has 2 fully saturated rings. The van der Waals surface area contributed by atoms with Gasteiger partial charge in [0, 0.05) is 17.9 Å². The lowest BCUT2D eigenvalue weighted by Gasteiger charge is -2.62. The standard InChI is InChI=1S/C22H23NO2S/c24-26(25)14-20(23-11-5-6-12-23)22(26)13-19-15-7-1-3-9-17(15)21(22)18-10-4-2-8-16(18)19/h1-4,7-10,19-21H,5-6,11-14H2/t19?,20-,21?,22+/m0/s1. The van der Waals surface area contributed by atoms with E-state index in [1.807, 2.05) is 0 Å². The van der Waals surface area contributed by atoms with Crippen LogP contribution in [0.4, 0.5) is 0 Å². The lowest BCUT2D eigenvalue weighted by Crippen LogP contribution is -2.74. The minimum atomic E-state index is -3.09. The van der Waals surface area contributed by atoms with E-state index in [9.17, 15) is 8.42 Å². The second-order valence-electron chi connectivity index (χ2n) is 8.44. The van der Waals surface area contributed by atoms with Gasteiger partial charge in [-0.15, -0.1) is 0 Å². The summed E-state index contributed by atoms with van der Waals surface area (Å²) in [4.78, 5) is 2.48. The van der Waals surface area contributed by atoms with E-state index in [-0.39, 0.29) is 17.9 Å². The predicted octanol–water partition coefficient (Wildman–Crippen LogP) is 3.30. The summed E-state index contributed by atoms with van der Waals surface area (Å²) in [6.45, 7) is 2.12. The van der Waals surface area contributed by atoms with Crippen molar-refractivity contribution in [3.8, 4) is 0 Å². The minimum Gasteiger partial charge on any atom is -0.298 e. The Kier molecular flexibility index (Phi) is 2.96. The molecule has 134 valence electrons. The van der Waals surface area contributed by atoms with Gasteiger partial charge in [0.25, 0.3) is 0 Å². The topological polar surface area (TPSA) is 37.4 Å². The van der Waals surface area contributed by atoms with E-state index in [0.717, 1.165) is 19.5 Å². The molecule has 0 N–H and O–H groups in total. The van der Waals surface area contributed by atoms with Gasteiger partial charge in [-0.2, -0.15) is 0 Å². The van der Waals surface area contributed by atoms with E-state index < -0.39 is 14.6 Å². The maximum Gasteiger partial charge on any atom is 0.160 e. The molecule has 2 heterocycles. The molecule has 3 nitrogen and oxygen atoms in total. The van der Waals surface area contributed by atoms with Crippen molar-refractivity contribution in [1.82, 2.24) is 4.90 Å². The molecule has 0 radical (unpaired) electrons. The lowest BCUT2D eigenvalue weighted by molar-refractivity contribution is 0.146. The first kappa shape index (κ1) is 15.4. The Labute approximate surface area is 154 Å². The minimum absolute atomic E-state index is 0.00995. The fraction of sp³-hybridized carbons (Fsp3) is 0.455. The van der Waals surface area contributed by atoms with Crippen molar-refractivity contribution in [2.75, 3.05) is 18.8 Å². The number of likely N-dealkylation sites (tertiary alicyclic amines) is 1. The molecule has 1 spiro atoms. The zero-order valence-corrected chi connectivity index (χ0v) is 15.6. The first-order valence-corrected chi connectivity index (χ1v) is 11.4. The molecule has 2 saturated heterocycles. The third-order valence-corrected chi connectivity index (χ3v) is 10.1. The summed E-state index contributed by atoms with van der Waals surface area (Å²) in [5.74, 6) is 0.553. The SMILES string of the molecule is O=S1(=O)C[C@H](N2CCCC2)[C@@]12CC1c3ccccc3C2c2ccccc21. The molecule has 2 aromatic rings. The van der Waals surface area contributed by atoms with Crippen LogP contribution in [0.15, 0.2) is 48.5 Å². The molecule has 2 bridgehead atoms. The van der Waals surface area contributed by atoms with Crippen LogP contribution in [0, 0.1) is 0 Å². The highest BCUT2D eigenvalue weighted by Gasteiger charge is 2.70. The molecular formula is C22H23NO2S. The van der Waals surface area contributed by atoms with Crippen LogP contribution in [0.3, 0.4) is 0 Å². The quantitative estimate of drug-likeness (QED) is 0.778. The van der Waals surface area contributed by atoms with E-state index >= 15 is 0 Å². The Morgan fingerprint density at radius 3 is 1.92 bits per heavy atom. The van der Waals surface area contributed by atoms with Crippen molar-refractivity contribution in [1.29, 1.82) is 0 Å². The highest BCUT2D eigenvalue weighted by Crippen LogP contribution is 2.64. The van der Waals surface area contributed by atoms with Gasteiger partial charge in [0.15, 0.2) is 9.84 Å². The van der Waals surface area contributed by atoms with E-state index in [2.05, 4.69) is 53.4 Å². The maximum atomic E-state index is 13.3. The molecule has 4 heteroatoms. The Morgan fingerprint density at radius 1 is 0.846 bits per heavy atom. The normalized spacial score (nSPS) is 36.5. The highest BCUT2D eigenvalue weighted by molar-refractivity contribution is 7.94. The molecular weight excluding hydrogens is 342 g/mol. The van der Waals surface area contributed by atoms with Gasteiger partial charge in [0.1, 0.15) is 4.75 Å². The van der Waals surface area contributed by atoms with Crippen LogP contribution in [0.1, 0.15) is 53.4 Å². The molecule has 0 unspecified atom stereocenters. The Morgan fingerprint density at radius 2 is 1.38 bits per heavy atom. The maximum absolute atomic E-state index is 13.3. The predicted molar refractivity (Wildman–Crippen MR) is 102 cm³/mol. The average molecular weight is 365 g/mol. The van der Waals surface area contributed by atoms with Crippen LogP contribution < -0.4 is 0 Å². The Hall–Kier alpha value is -1.65. The first-order chi connectivity index (χ1) is 12.6. The zero-order chi connectivity index (χ0) is 17.5. The summed E-state index contributed by atoms with van der Waals surface area (Å²) in [6.07, 6.45) is 3.16. The number of sulfone groups is 1. The average Bonchev–Trinajstić information content (AvgIpc) is 3.20. The summed E-state index contributed by atoms with van der Waals surface area (Å²) >= 11 is 0. The van der Waals surface area contributed by atoms with Crippen molar-refractivity contribution in [3.05, 3.63) is 70.8 Å². The zero-order valence-electron chi connectivity index (χ0n) is 14.8. The summed E-state index contributed by atoms with van der Waals surface area (Å²) in [6, 6.07) is 17.3. The van der Waals surface area contributed by atoms with Crippen LogP contribution in [-0.4, -0.2) is 42.9 Å². The number of nitrogens with zero attached hydrogens (tertiary/aromatic N) is 1. The number of hydrogen-bond acceptors (Lipinski definition) is 3. The monoisotopic (exact) mass is 365 g/mol. The van der Waals surface area contributed by atoms with Crippen LogP contribution >= 0.6 is 0 Å². The summed E-state index contributed by atoms with van der Waals surface area (Å²) in [5.41, 5.74) is 5.22. The van der Waals surface area contributed by atoms with Crippen molar-refractivity contribution in [2.24, 2.45) is 0 Å². The Bertz CT molecular complexity index is 961. The van der Waals surface area contributed by atoms with Crippen LogP contribution in [0.5, 0.6) is 0 Å². The number of rotatable bonds is 1. The molecule has 2 atom stereocenters. The van der Waals surface area contributed by atoms with Crippen LogP contribution in [0.2, 0.25) is 0 Å². The van der Waals surface area contributed by atoms with Crippen molar-refractivity contribution >= 4 is 9.84 Å². The van der Waals surface area contributed by atoms with Gasteiger partial charge < -0.3 is 0 Å². The third kappa shape index (κ3) is 1.66. The lowest BCUT2D eigenvalue weighted by atomic mass is 9.56. The molecule has 2 aromatic carbocycles. The summed E-state index contributed by atoms with van der Waals surface area (Å²) < 4.78 is 26.1. The van der Waals surface area contributed by atoms with Gasteiger partial charge in [-0.1, -0.05) is 48.5 Å². The molecule has 0 saturated carbocycles. The van der Waals surface area contributed by atoms with E-state index in [1.165, 1.54) is 35.1 Å². The van der Waals surface area contributed by atoms with Crippen molar-refractivity contribution in [2.45, 2.75) is 41.9 Å². The highest BCUT2D eigenvalue weighted by atomic mass is 32.2. The third-order valence-electron chi connectivity index (χ3n) is 7.48. The molecule has 3 aliphatic carbocycles. The molecule has 2 aliphatic heterocycles. The molecule has 0 aromatic heterocycles. The largest absolute Gasteiger partial charge is 0.298 e.